The zero-order chi connectivity index (χ0) is 13.7. The molecule has 1 fully saturated rings. The third kappa shape index (κ3) is 3.80. The van der Waals surface area contributed by atoms with Gasteiger partial charge >= 0.3 is 0 Å². The molecule has 1 aromatic carbocycles. The van der Waals surface area contributed by atoms with Crippen molar-refractivity contribution in [2.75, 3.05) is 5.32 Å². The highest BCUT2D eigenvalue weighted by molar-refractivity contribution is 5.92. The Hall–Kier alpha value is -1.35. The van der Waals surface area contributed by atoms with E-state index in [4.69, 9.17) is 5.73 Å². The van der Waals surface area contributed by atoms with Gasteiger partial charge in [0.15, 0.2) is 0 Å². The molecule has 1 aliphatic carbocycles. The molecule has 1 amide bonds. The van der Waals surface area contributed by atoms with Crippen LogP contribution in [0.3, 0.4) is 0 Å². The predicted octanol–water partition coefficient (Wildman–Crippen LogP) is 3.24. The summed E-state index contributed by atoms with van der Waals surface area (Å²) in [7, 11) is 0. The van der Waals surface area contributed by atoms with E-state index in [1.54, 1.807) is 0 Å². The number of nitrogens with two attached hydrogens (primary N) is 1. The highest BCUT2D eigenvalue weighted by Crippen LogP contribution is 2.30. The molecule has 0 unspecified atom stereocenters. The molecule has 0 spiro atoms. The molecule has 3 heteroatoms. The van der Waals surface area contributed by atoms with Crippen molar-refractivity contribution in [2.45, 2.75) is 57.4 Å². The molecule has 19 heavy (non-hydrogen) atoms. The molecule has 1 aromatic rings. The van der Waals surface area contributed by atoms with Crippen LogP contribution in [0.4, 0.5) is 5.69 Å². The van der Waals surface area contributed by atoms with Gasteiger partial charge in [-0.3, -0.25) is 4.79 Å². The molecule has 3 N–H and O–H groups in total. The second-order valence-electron chi connectivity index (χ2n) is 5.70. The van der Waals surface area contributed by atoms with Gasteiger partial charge in [0, 0.05) is 17.6 Å². The summed E-state index contributed by atoms with van der Waals surface area (Å²) < 4.78 is 0. The number of hydrogen-bond donors (Lipinski definition) is 2. The van der Waals surface area contributed by atoms with Gasteiger partial charge in [0.25, 0.3) is 0 Å². The normalized spacial score (nSPS) is 17.4. The lowest BCUT2D eigenvalue weighted by atomic mass is 9.94. The van der Waals surface area contributed by atoms with Crippen molar-refractivity contribution in [1.82, 2.24) is 0 Å². The summed E-state index contributed by atoms with van der Waals surface area (Å²) >= 11 is 0. The smallest absolute Gasteiger partial charge is 0.226 e. The van der Waals surface area contributed by atoms with E-state index in [0.29, 0.717) is 6.42 Å². The van der Waals surface area contributed by atoms with E-state index in [0.717, 1.165) is 44.2 Å². The summed E-state index contributed by atoms with van der Waals surface area (Å²) in [6.07, 6.45) is 6.74. The van der Waals surface area contributed by atoms with Gasteiger partial charge in [-0.15, -0.1) is 0 Å². The highest BCUT2D eigenvalue weighted by atomic mass is 16.1. The summed E-state index contributed by atoms with van der Waals surface area (Å²) in [5.74, 6) is 0.0490. The first-order valence-electron chi connectivity index (χ1n) is 7.30. The standard InChI is InChI=1S/C16H24N2O/c1-2-7-13-8-3-4-9-14(13)18-15(19)12-16(17)10-5-6-11-16/h3-4,8-9H,2,5-7,10-12,17H2,1H3,(H,18,19). The second kappa shape index (κ2) is 6.20. The molecular weight excluding hydrogens is 236 g/mol. The van der Waals surface area contributed by atoms with E-state index in [9.17, 15) is 4.79 Å². The zero-order valence-electron chi connectivity index (χ0n) is 11.7. The molecule has 0 aliphatic heterocycles. The molecule has 3 nitrogen and oxygen atoms in total. The molecule has 0 bridgehead atoms. The van der Waals surface area contributed by atoms with Crippen LogP contribution in [0, 0.1) is 0 Å². The SMILES string of the molecule is CCCc1ccccc1NC(=O)CC1(N)CCCC1. The summed E-state index contributed by atoms with van der Waals surface area (Å²) in [4.78, 5) is 12.1. The molecular formula is C16H24N2O. The van der Waals surface area contributed by atoms with Gasteiger partial charge < -0.3 is 11.1 Å². The lowest BCUT2D eigenvalue weighted by molar-refractivity contribution is -0.117. The van der Waals surface area contributed by atoms with E-state index in [1.165, 1.54) is 5.56 Å². The number of nitrogens with one attached hydrogen (secondary N) is 1. The van der Waals surface area contributed by atoms with Crippen molar-refractivity contribution in [1.29, 1.82) is 0 Å². The molecule has 0 saturated heterocycles. The molecule has 0 atom stereocenters. The first kappa shape index (κ1) is 14.1. The van der Waals surface area contributed by atoms with Crippen molar-refractivity contribution in [3.8, 4) is 0 Å². The monoisotopic (exact) mass is 260 g/mol. The quantitative estimate of drug-likeness (QED) is 0.854. The summed E-state index contributed by atoms with van der Waals surface area (Å²) in [6.45, 7) is 2.14. The first-order valence-corrected chi connectivity index (χ1v) is 7.30. The average Bonchev–Trinajstić information content (AvgIpc) is 2.78. The molecule has 0 heterocycles. The molecule has 2 rings (SSSR count). The van der Waals surface area contributed by atoms with Crippen LogP contribution in [0.5, 0.6) is 0 Å². The number of aryl methyl sites for hydroxylation is 1. The zero-order valence-corrected chi connectivity index (χ0v) is 11.7. The predicted molar refractivity (Wildman–Crippen MR) is 79.1 cm³/mol. The third-order valence-electron chi connectivity index (χ3n) is 3.92. The Bertz CT molecular complexity index is 436. The van der Waals surface area contributed by atoms with Crippen molar-refractivity contribution in [3.05, 3.63) is 29.8 Å². The van der Waals surface area contributed by atoms with Crippen molar-refractivity contribution >= 4 is 11.6 Å². The Labute approximate surface area is 115 Å². The van der Waals surface area contributed by atoms with Gasteiger partial charge in [0.05, 0.1) is 0 Å². The van der Waals surface area contributed by atoms with Crippen LogP contribution in [0.15, 0.2) is 24.3 Å². The molecule has 0 aromatic heterocycles. The lowest BCUT2D eigenvalue weighted by Gasteiger charge is -2.23. The fourth-order valence-corrected chi connectivity index (χ4v) is 2.90. The molecule has 1 aliphatic rings. The van der Waals surface area contributed by atoms with E-state index < -0.39 is 0 Å². The van der Waals surface area contributed by atoms with Crippen LogP contribution in [0.25, 0.3) is 0 Å². The average molecular weight is 260 g/mol. The minimum absolute atomic E-state index is 0.0490. The van der Waals surface area contributed by atoms with Gasteiger partial charge in [0.2, 0.25) is 5.91 Å². The number of anilines is 1. The number of benzene rings is 1. The van der Waals surface area contributed by atoms with Gasteiger partial charge in [-0.1, -0.05) is 44.4 Å². The number of para-hydroxylation sites is 1. The van der Waals surface area contributed by atoms with Crippen LogP contribution in [-0.2, 0) is 11.2 Å². The lowest BCUT2D eigenvalue weighted by Crippen LogP contribution is -2.40. The fraction of sp³-hybridized carbons (Fsp3) is 0.562. The van der Waals surface area contributed by atoms with Crippen LogP contribution < -0.4 is 11.1 Å². The van der Waals surface area contributed by atoms with Crippen molar-refractivity contribution in [3.63, 3.8) is 0 Å². The van der Waals surface area contributed by atoms with E-state index in [1.807, 2.05) is 18.2 Å². The number of rotatable bonds is 5. The topological polar surface area (TPSA) is 55.1 Å². The largest absolute Gasteiger partial charge is 0.326 e. The van der Waals surface area contributed by atoms with E-state index >= 15 is 0 Å². The fourth-order valence-electron chi connectivity index (χ4n) is 2.90. The summed E-state index contributed by atoms with van der Waals surface area (Å²) in [6, 6.07) is 8.03. The maximum Gasteiger partial charge on any atom is 0.226 e. The maximum atomic E-state index is 12.1. The minimum Gasteiger partial charge on any atom is -0.326 e. The summed E-state index contributed by atoms with van der Waals surface area (Å²) in [5.41, 5.74) is 8.12. The number of carbonyl (C=O) groups is 1. The van der Waals surface area contributed by atoms with Gasteiger partial charge in [0.1, 0.15) is 0 Å². The minimum atomic E-state index is -0.274. The highest BCUT2D eigenvalue weighted by Gasteiger charge is 2.31. The molecule has 104 valence electrons. The Morgan fingerprint density at radius 3 is 2.68 bits per heavy atom. The van der Waals surface area contributed by atoms with Crippen LogP contribution in [0.2, 0.25) is 0 Å². The van der Waals surface area contributed by atoms with Gasteiger partial charge in [-0.05, 0) is 30.9 Å². The Balaban J connectivity index is 1.98. The molecule has 0 radical (unpaired) electrons. The van der Waals surface area contributed by atoms with Crippen molar-refractivity contribution in [2.24, 2.45) is 5.73 Å². The maximum absolute atomic E-state index is 12.1. The number of carbonyl (C=O) groups excluding carboxylic acids is 1. The van der Waals surface area contributed by atoms with Crippen LogP contribution in [-0.4, -0.2) is 11.4 Å². The van der Waals surface area contributed by atoms with Crippen LogP contribution in [0.1, 0.15) is 51.0 Å². The number of hydrogen-bond acceptors (Lipinski definition) is 2. The van der Waals surface area contributed by atoms with Crippen molar-refractivity contribution < 1.29 is 4.79 Å². The van der Waals surface area contributed by atoms with Crippen LogP contribution >= 0.6 is 0 Å². The van der Waals surface area contributed by atoms with E-state index in [-0.39, 0.29) is 11.4 Å². The number of amides is 1. The summed E-state index contributed by atoms with van der Waals surface area (Å²) in [5, 5.41) is 3.03. The third-order valence-corrected chi connectivity index (χ3v) is 3.92. The van der Waals surface area contributed by atoms with Gasteiger partial charge in [-0.2, -0.15) is 0 Å². The van der Waals surface area contributed by atoms with Gasteiger partial charge in [-0.25, -0.2) is 0 Å². The second-order valence-corrected chi connectivity index (χ2v) is 5.70. The van der Waals surface area contributed by atoms with E-state index in [2.05, 4.69) is 18.3 Å². The Morgan fingerprint density at radius 1 is 1.32 bits per heavy atom. The Morgan fingerprint density at radius 2 is 2.00 bits per heavy atom. The molecule has 1 saturated carbocycles. The first-order chi connectivity index (χ1) is 9.13. The Kier molecular flexibility index (Phi) is 4.59.